The van der Waals surface area contributed by atoms with Gasteiger partial charge in [-0.05, 0) is 25.7 Å². The summed E-state index contributed by atoms with van der Waals surface area (Å²) in [7, 11) is 0. The molecule has 0 unspecified atom stereocenters. The molecule has 0 aromatic carbocycles. The molecule has 106 valence electrons. The van der Waals surface area contributed by atoms with Gasteiger partial charge in [0.25, 0.3) is 0 Å². The van der Waals surface area contributed by atoms with Crippen LogP contribution in [0, 0.1) is 5.41 Å². The predicted molar refractivity (Wildman–Crippen MR) is 71.4 cm³/mol. The molecule has 0 bridgehead atoms. The molecule has 0 saturated carbocycles. The lowest BCUT2D eigenvalue weighted by Gasteiger charge is -2.24. The molecule has 0 radical (unpaired) electrons. The summed E-state index contributed by atoms with van der Waals surface area (Å²) in [5.41, 5.74) is 0.187. The third-order valence-electron chi connectivity index (χ3n) is 2.61. The first-order valence-corrected chi connectivity index (χ1v) is 6.34. The Balaban J connectivity index is 4.07. The number of carboxylic acid groups (broad SMARTS) is 1. The Kier molecular flexibility index (Phi) is 6.91. The van der Waals surface area contributed by atoms with Crippen LogP contribution in [0.15, 0.2) is 0 Å². The number of aliphatic carboxylic acids is 1. The summed E-state index contributed by atoms with van der Waals surface area (Å²) >= 11 is 0. The van der Waals surface area contributed by atoms with Crippen molar-refractivity contribution in [3.63, 3.8) is 0 Å². The number of rotatable bonds is 7. The summed E-state index contributed by atoms with van der Waals surface area (Å²) in [6.07, 6.45) is 0.902. The summed E-state index contributed by atoms with van der Waals surface area (Å²) in [6.45, 7) is 10.8. The molecule has 2 N–H and O–H groups in total. The Labute approximate surface area is 110 Å². The fraction of sp³-hybridized carbons (Fsp3) is 0.846. The van der Waals surface area contributed by atoms with Crippen molar-refractivity contribution in [2.45, 2.75) is 47.1 Å². The van der Waals surface area contributed by atoms with Crippen LogP contribution < -0.4 is 5.32 Å². The fourth-order valence-corrected chi connectivity index (χ4v) is 1.41. The quantitative estimate of drug-likeness (QED) is 0.723. The van der Waals surface area contributed by atoms with Crippen molar-refractivity contribution in [1.82, 2.24) is 10.2 Å². The van der Waals surface area contributed by atoms with Crippen LogP contribution in [0.25, 0.3) is 0 Å². The molecule has 0 aliphatic rings. The Morgan fingerprint density at radius 3 is 2.17 bits per heavy atom. The standard InChI is InChI=1S/C13H26N2O3/c1-10(2)15(9-12(17)18)8-11(16)14-7-6-13(3,4)5/h10H,6-9H2,1-5H3,(H,14,16)(H,17,18). The van der Waals surface area contributed by atoms with Gasteiger partial charge >= 0.3 is 5.97 Å². The molecular weight excluding hydrogens is 232 g/mol. The van der Waals surface area contributed by atoms with Gasteiger partial charge in [-0.2, -0.15) is 0 Å². The van der Waals surface area contributed by atoms with Gasteiger partial charge in [0.1, 0.15) is 0 Å². The third kappa shape index (κ3) is 8.98. The van der Waals surface area contributed by atoms with Crippen LogP contribution in [0.3, 0.4) is 0 Å². The van der Waals surface area contributed by atoms with Crippen molar-refractivity contribution >= 4 is 11.9 Å². The van der Waals surface area contributed by atoms with E-state index in [-0.39, 0.29) is 30.5 Å². The Hall–Kier alpha value is -1.10. The number of nitrogens with one attached hydrogen (secondary N) is 1. The van der Waals surface area contributed by atoms with Crippen LogP contribution in [-0.2, 0) is 9.59 Å². The Morgan fingerprint density at radius 1 is 1.22 bits per heavy atom. The second-order valence-corrected chi connectivity index (χ2v) is 6.05. The zero-order chi connectivity index (χ0) is 14.3. The van der Waals surface area contributed by atoms with Crippen LogP contribution in [0.4, 0.5) is 0 Å². The predicted octanol–water partition coefficient (Wildman–Crippen LogP) is 1.33. The molecule has 0 spiro atoms. The highest BCUT2D eigenvalue weighted by molar-refractivity contribution is 5.79. The summed E-state index contributed by atoms with van der Waals surface area (Å²) in [5.74, 6) is -1.03. The lowest BCUT2D eigenvalue weighted by atomic mass is 9.92. The van der Waals surface area contributed by atoms with Crippen molar-refractivity contribution in [3.05, 3.63) is 0 Å². The van der Waals surface area contributed by atoms with Gasteiger partial charge in [0.2, 0.25) is 5.91 Å². The number of hydrogen-bond donors (Lipinski definition) is 2. The van der Waals surface area contributed by atoms with E-state index in [9.17, 15) is 9.59 Å². The highest BCUT2D eigenvalue weighted by Crippen LogP contribution is 2.16. The number of nitrogens with zero attached hydrogens (tertiary/aromatic N) is 1. The lowest BCUT2D eigenvalue weighted by Crippen LogP contribution is -2.43. The molecular formula is C13H26N2O3. The summed E-state index contributed by atoms with van der Waals surface area (Å²) in [6, 6.07) is 0.0365. The van der Waals surface area contributed by atoms with Gasteiger partial charge in [-0.1, -0.05) is 20.8 Å². The first kappa shape index (κ1) is 16.9. The first-order chi connectivity index (χ1) is 8.11. The number of hydrogen-bond acceptors (Lipinski definition) is 3. The molecule has 1 amide bonds. The highest BCUT2D eigenvalue weighted by Gasteiger charge is 2.17. The summed E-state index contributed by atoms with van der Waals surface area (Å²) < 4.78 is 0. The van der Waals surface area contributed by atoms with Crippen molar-refractivity contribution in [1.29, 1.82) is 0 Å². The minimum atomic E-state index is -0.911. The molecule has 0 heterocycles. The van der Waals surface area contributed by atoms with Gasteiger partial charge in [-0.25, -0.2) is 0 Å². The molecule has 5 nitrogen and oxygen atoms in total. The smallest absolute Gasteiger partial charge is 0.317 e. The normalized spacial score (nSPS) is 11.9. The van der Waals surface area contributed by atoms with Crippen molar-refractivity contribution in [2.75, 3.05) is 19.6 Å². The van der Waals surface area contributed by atoms with E-state index in [1.54, 1.807) is 4.90 Å². The Morgan fingerprint density at radius 2 is 1.78 bits per heavy atom. The average Bonchev–Trinajstić information content (AvgIpc) is 2.13. The van der Waals surface area contributed by atoms with Gasteiger partial charge in [0.15, 0.2) is 0 Å². The van der Waals surface area contributed by atoms with Crippen molar-refractivity contribution in [2.24, 2.45) is 5.41 Å². The van der Waals surface area contributed by atoms with E-state index >= 15 is 0 Å². The molecule has 5 heteroatoms. The molecule has 0 atom stereocenters. The molecule has 0 rings (SSSR count). The molecule has 18 heavy (non-hydrogen) atoms. The van der Waals surface area contributed by atoms with Gasteiger partial charge < -0.3 is 10.4 Å². The zero-order valence-corrected chi connectivity index (χ0v) is 12.1. The number of amides is 1. The minimum absolute atomic E-state index is 0.0365. The molecule has 0 aromatic heterocycles. The van der Waals surface area contributed by atoms with Crippen LogP contribution in [0.2, 0.25) is 0 Å². The van der Waals surface area contributed by atoms with Crippen LogP contribution in [0.1, 0.15) is 41.0 Å². The second kappa shape index (κ2) is 7.36. The number of carbonyl (C=O) groups is 2. The second-order valence-electron chi connectivity index (χ2n) is 6.05. The maximum Gasteiger partial charge on any atom is 0.317 e. The van der Waals surface area contributed by atoms with E-state index in [1.807, 2.05) is 13.8 Å². The topological polar surface area (TPSA) is 69.6 Å². The minimum Gasteiger partial charge on any atom is -0.480 e. The zero-order valence-electron chi connectivity index (χ0n) is 12.1. The van der Waals surface area contributed by atoms with E-state index in [0.29, 0.717) is 6.54 Å². The largest absolute Gasteiger partial charge is 0.480 e. The summed E-state index contributed by atoms with van der Waals surface area (Å²) in [4.78, 5) is 24.0. The molecule has 0 saturated heterocycles. The maximum absolute atomic E-state index is 11.7. The van der Waals surface area contributed by atoms with E-state index in [0.717, 1.165) is 6.42 Å². The summed E-state index contributed by atoms with van der Waals surface area (Å²) in [5, 5.41) is 11.6. The molecule has 0 aliphatic heterocycles. The third-order valence-corrected chi connectivity index (χ3v) is 2.61. The molecule has 0 aliphatic carbocycles. The van der Waals surface area contributed by atoms with Gasteiger partial charge in [-0.3, -0.25) is 14.5 Å². The SMILES string of the molecule is CC(C)N(CC(=O)O)CC(=O)NCCC(C)(C)C. The van der Waals surface area contributed by atoms with Gasteiger partial charge in [0, 0.05) is 12.6 Å². The monoisotopic (exact) mass is 258 g/mol. The fourth-order valence-electron chi connectivity index (χ4n) is 1.41. The van der Waals surface area contributed by atoms with Crippen LogP contribution in [-0.4, -0.2) is 47.6 Å². The van der Waals surface area contributed by atoms with E-state index < -0.39 is 5.97 Å². The number of carbonyl (C=O) groups excluding carboxylic acids is 1. The van der Waals surface area contributed by atoms with Crippen molar-refractivity contribution in [3.8, 4) is 0 Å². The van der Waals surface area contributed by atoms with E-state index in [2.05, 4.69) is 26.1 Å². The lowest BCUT2D eigenvalue weighted by molar-refractivity contribution is -0.139. The van der Waals surface area contributed by atoms with Crippen LogP contribution >= 0.6 is 0 Å². The molecule has 0 aromatic rings. The Bertz CT molecular complexity index is 282. The first-order valence-electron chi connectivity index (χ1n) is 6.34. The maximum atomic E-state index is 11.7. The number of carboxylic acids is 1. The van der Waals surface area contributed by atoms with E-state index in [4.69, 9.17) is 5.11 Å². The van der Waals surface area contributed by atoms with Gasteiger partial charge in [0.05, 0.1) is 13.1 Å². The van der Waals surface area contributed by atoms with Crippen molar-refractivity contribution < 1.29 is 14.7 Å². The average molecular weight is 258 g/mol. The van der Waals surface area contributed by atoms with Crippen LogP contribution in [0.5, 0.6) is 0 Å². The van der Waals surface area contributed by atoms with E-state index in [1.165, 1.54) is 0 Å². The highest BCUT2D eigenvalue weighted by atomic mass is 16.4. The molecule has 0 fully saturated rings. The van der Waals surface area contributed by atoms with Gasteiger partial charge in [-0.15, -0.1) is 0 Å².